The molecule has 5 aromatic rings. The first-order valence-electron chi connectivity index (χ1n) is 11.2. The Balaban J connectivity index is 1.41. The molecule has 0 aliphatic rings. The van der Waals surface area contributed by atoms with E-state index in [2.05, 4.69) is 15.3 Å². The first kappa shape index (κ1) is 23.4. The van der Waals surface area contributed by atoms with E-state index in [0.29, 0.717) is 17.7 Å². The standard InChI is InChI=1S/C27H23N5O3S/c1-18-4-3-13-32-17-24(31-26(18)32)20-5-7-22(8-6-20)30-27(33)25-21(14-19-9-11-28-12-10-19)15-23(16-29-25)36(2,34)35/h3-13,15-17H,14H2,1-2H3,(H,30,33). The second-order valence-corrected chi connectivity index (χ2v) is 10.6. The third kappa shape index (κ3) is 4.87. The molecule has 1 N–H and O–H groups in total. The Morgan fingerprint density at radius 2 is 1.81 bits per heavy atom. The fourth-order valence-electron chi connectivity index (χ4n) is 3.96. The number of imidazole rings is 1. The zero-order chi connectivity index (χ0) is 25.3. The average molecular weight is 498 g/mol. The van der Waals surface area contributed by atoms with Crippen molar-refractivity contribution in [3.63, 3.8) is 0 Å². The van der Waals surface area contributed by atoms with Gasteiger partial charge in [-0.3, -0.25) is 9.78 Å². The van der Waals surface area contributed by atoms with Crippen LogP contribution in [0.2, 0.25) is 0 Å². The molecule has 4 heterocycles. The van der Waals surface area contributed by atoms with E-state index in [-0.39, 0.29) is 10.6 Å². The lowest BCUT2D eigenvalue weighted by Crippen LogP contribution is -2.17. The number of pyridine rings is 3. The molecule has 0 fully saturated rings. The number of amides is 1. The van der Waals surface area contributed by atoms with E-state index >= 15 is 0 Å². The van der Waals surface area contributed by atoms with Crippen molar-refractivity contribution in [1.29, 1.82) is 0 Å². The van der Waals surface area contributed by atoms with E-state index < -0.39 is 15.7 Å². The van der Waals surface area contributed by atoms with Gasteiger partial charge in [0.1, 0.15) is 11.3 Å². The van der Waals surface area contributed by atoms with Crippen molar-refractivity contribution >= 4 is 27.1 Å². The monoisotopic (exact) mass is 497 g/mol. The van der Waals surface area contributed by atoms with Gasteiger partial charge in [0.25, 0.3) is 5.91 Å². The maximum atomic E-state index is 13.1. The van der Waals surface area contributed by atoms with Crippen LogP contribution in [-0.4, -0.2) is 39.9 Å². The lowest BCUT2D eigenvalue weighted by molar-refractivity contribution is 0.102. The Morgan fingerprint density at radius 1 is 1.06 bits per heavy atom. The van der Waals surface area contributed by atoms with Crippen molar-refractivity contribution < 1.29 is 13.2 Å². The maximum absolute atomic E-state index is 13.1. The second kappa shape index (κ2) is 9.35. The van der Waals surface area contributed by atoms with Crippen molar-refractivity contribution in [1.82, 2.24) is 19.4 Å². The highest BCUT2D eigenvalue weighted by molar-refractivity contribution is 7.90. The predicted octanol–water partition coefficient (Wildman–Crippen LogP) is 4.35. The van der Waals surface area contributed by atoms with Crippen LogP contribution in [0.1, 0.15) is 27.2 Å². The van der Waals surface area contributed by atoms with Crippen LogP contribution in [0, 0.1) is 6.92 Å². The Bertz CT molecular complexity index is 1680. The highest BCUT2D eigenvalue weighted by Crippen LogP contribution is 2.23. The van der Waals surface area contributed by atoms with Gasteiger partial charge in [0.15, 0.2) is 9.84 Å². The van der Waals surface area contributed by atoms with E-state index in [9.17, 15) is 13.2 Å². The van der Waals surface area contributed by atoms with E-state index in [0.717, 1.165) is 34.3 Å². The molecule has 0 aliphatic carbocycles. The van der Waals surface area contributed by atoms with Crippen LogP contribution in [-0.2, 0) is 16.3 Å². The summed E-state index contributed by atoms with van der Waals surface area (Å²) < 4.78 is 26.1. The smallest absolute Gasteiger partial charge is 0.274 e. The van der Waals surface area contributed by atoms with Crippen molar-refractivity contribution in [2.75, 3.05) is 11.6 Å². The summed E-state index contributed by atoms with van der Waals surface area (Å²) in [6, 6.07) is 16.5. The second-order valence-electron chi connectivity index (χ2n) is 8.56. The molecule has 0 radical (unpaired) electrons. The summed E-state index contributed by atoms with van der Waals surface area (Å²) in [5.74, 6) is -0.421. The van der Waals surface area contributed by atoms with Crippen molar-refractivity contribution in [2.24, 2.45) is 0 Å². The maximum Gasteiger partial charge on any atom is 0.274 e. The zero-order valence-corrected chi connectivity index (χ0v) is 20.5. The first-order valence-corrected chi connectivity index (χ1v) is 13.1. The average Bonchev–Trinajstić information content (AvgIpc) is 3.30. The fraction of sp³-hybridized carbons (Fsp3) is 0.111. The number of carbonyl (C=O) groups excluding carboxylic acids is 1. The summed E-state index contributed by atoms with van der Waals surface area (Å²) in [5, 5.41) is 2.87. The minimum Gasteiger partial charge on any atom is -0.321 e. The van der Waals surface area contributed by atoms with Gasteiger partial charge >= 0.3 is 0 Å². The summed E-state index contributed by atoms with van der Waals surface area (Å²) in [7, 11) is -3.48. The molecule has 0 atom stereocenters. The molecule has 4 aromatic heterocycles. The molecule has 180 valence electrons. The van der Waals surface area contributed by atoms with Crippen LogP contribution < -0.4 is 5.32 Å². The highest BCUT2D eigenvalue weighted by Gasteiger charge is 2.18. The van der Waals surface area contributed by atoms with Gasteiger partial charge in [-0.25, -0.2) is 18.4 Å². The Kier molecular flexibility index (Phi) is 6.07. The number of rotatable bonds is 6. The molecule has 36 heavy (non-hydrogen) atoms. The predicted molar refractivity (Wildman–Crippen MR) is 138 cm³/mol. The molecule has 0 saturated heterocycles. The van der Waals surface area contributed by atoms with Crippen LogP contribution in [0.25, 0.3) is 16.9 Å². The SMILES string of the molecule is Cc1cccn2cc(-c3ccc(NC(=O)c4ncc(S(C)(=O)=O)cc4Cc4ccncc4)cc3)nc12. The molecule has 1 aromatic carbocycles. The number of nitrogens with zero attached hydrogens (tertiary/aromatic N) is 4. The highest BCUT2D eigenvalue weighted by atomic mass is 32.2. The fourth-order valence-corrected chi connectivity index (χ4v) is 4.56. The number of sulfone groups is 1. The largest absolute Gasteiger partial charge is 0.321 e. The number of fused-ring (bicyclic) bond motifs is 1. The van der Waals surface area contributed by atoms with Crippen LogP contribution in [0.5, 0.6) is 0 Å². The molecule has 1 amide bonds. The molecule has 0 unspecified atom stereocenters. The Morgan fingerprint density at radius 3 is 2.50 bits per heavy atom. The summed E-state index contributed by atoms with van der Waals surface area (Å²) in [6.45, 7) is 2.02. The van der Waals surface area contributed by atoms with Gasteiger partial charge in [0, 0.05) is 48.5 Å². The number of hydrogen-bond donors (Lipinski definition) is 1. The van der Waals surface area contributed by atoms with Crippen molar-refractivity contribution in [3.05, 3.63) is 108 Å². The summed E-state index contributed by atoms with van der Waals surface area (Å²) in [4.78, 5) is 26.1. The van der Waals surface area contributed by atoms with E-state index in [4.69, 9.17) is 4.98 Å². The number of aryl methyl sites for hydroxylation is 1. The Hall–Kier alpha value is -4.37. The van der Waals surface area contributed by atoms with Crippen LogP contribution in [0.15, 0.2) is 90.5 Å². The number of aromatic nitrogens is 4. The van der Waals surface area contributed by atoms with Gasteiger partial charge in [0.05, 0.1) is 10.6 Å². The minimum absolute atomic E-state index is 0.0650. The molecular weight excluding hydrogens is 474 g/mol. The summed E-state index contributed by atoms with van der Waals surface area (Å²) >= 11 is 0. The van der Waals surface area contributed by atoms with Gasteiger partial charge in [0.2, 0.25) is 0 Å². The van der Waals surface area contributed by atoms with Crippen LogP contribution in [0.4, 0.5) is 5.69 Å². The van der Waals surface area contributed by atoms with E-state index in [1.807, 2.05) is 60.1 Å². The van der Waals surface area contributed by atoms with Gasteiger partial charge in [-0.2, -0.15) is 0 Å². The third-order valence-electron chi connectivity index (χ3n) is 5.85. The van der Waals surface area contributed by atoms with Gasteiger partial charge < -0.3 is 9.72 Å². The van der Waals surface area contributed by atoms with Crippen LogP contribution >= 0.6 is 0 Å². The number of hydrogen-bond acceptors (Lipinski definition) is 6. The molecule has 9 heteroatoms. The molecule has 0 bridgehead atoms. The molecule has 0 aliphatic heterocycles. The number of benzene rings is 1. The van der Waals surface area contributed by atoms with E-state index in [1.165, 1.54) is 12.3 Å². The van der Waals surface area contributed by atoms with Gasteiger partial charge in [-0.1, -0.05) is 18.2 Å². The molecule has 0 saturated carbocycles. The lowest BCUT2D eigenvalue weighted by Gasteiger charge is -2.11. The number of carbonyl (C=O) groups is 1. The molecule has 0 spiro atoms. The van der Waals surface area contributed by atoms with Gasteiger partial charge in [-0.05, 0) is 66.4 Å². The lowest BCUT2D eigenvalue weighted by atomic mass is 10.0. The third-order valence-corrected chi connectivity index (χ3v) is 6.92. The first-order chi connectivity index (χ1) is 17.3. The zero-order valence-electron chi connectivity index (χ0n) is 19.7. The Labute approximate surface area is 208 Å². The number of nitrogens with one attached hydrogen (secondary N) is 1. The summed E-state index contributed by atoms with van der Waals surface area (Å²) in [6.07, 6.45) is 9.89. The quantitative estimate of drug-likeness (QED) is 0.374. The molecule has 8 nitrogen and oxygen atoms in total. The van der Waals surface area contributed by atoms with E-state index in [1.54, 1.807) is 24.5 Å². The van der Waals surface area contributed by atoms with Crippen LogP contribution in [0.3, 0.4) is 0 Å². The topological polar surface area (TPSA) is 106 Å². The molecule has 5 rings (SSSR count). The normalized spacial score (nSPS) is 11.5. The minimum atomic E-state index is -3.48. The van der Waals surface area contributed by atoms with Gasteiger partial charge in [-0.15, -0.1) is 0 Å². The summed E-state index contributed by atoms with van der Waals surface area (Å²) in [5.41, 5.74) is 5.90. The van der Waals surface area contributed by atoms with Crippen molar-refractivity contribution in [3.8, 4) is 11.3 Å². The molecular formula is C27H23N5O3S. The number of anilines is 1. The van der Waals surface area contributed by atoms with Crippen molar-refractivity contribution in [2.45, 2.75) is 18.2 Å².